The third-order valence-electron chi connectivity index (χ3n) is 4.73. The molecule has 0 saturated heterocycles. The fourth-order valence-electron chi connectivity index (χ4n) is 3.36. The van der Waals surface area contributed by atoms with E-state index in [1.54, 1.807) is 0 Å². The van der Waals surface area contributed by atoms with E-state index in [1.165, 1.54) is 5.56 Å². The van der Waals surface area contributed by atoms with Gasteiger partial charge in [-0.1, -0.05) is 48.5 Å². The Hall–Kier alpha value is -2.34. The fourth-order valence-corrected chi connectivity index (χ4v) is 3.36. The van der Waals surface area contributed by atoms with Crippen LogP contribution in [0, 0.1) is 0 Å². The molecule has 28 heavy (non-hydrogen) atoms. The van der Waals surface area contributed by atoms with Crippen LogP contribution in [0.1, 0.15) is 17.5 Å². The first-order chi connectivity index (χ1) is 13.2. The topological polar surface area (TPSA) is 77.1 Å². The van der Waals surface area contributed by atoms with Gasteiger partial charge in [0.05, 0.1) is 6.42 Å². The van der Waals surface area contributed by atoms with E-state index in [1.807, 2.05) is 30.5 Å². The van der Waals surface area contributed by atoms with Crippen molar-refractivity contribution in [2.24, 2.45) is 0 Å². The molecule has 5 nitrogen and oxygen atoms in total. The number of hydrogen-bond donors (Lipinski definition) is 4. The summed E-state index contributed by atoms with van der Waals surface area (Å²) in [6.07, 6.45) is 3.79. The van der Waals surface area contributed by atoms with Crippen LogP contribution in [0.3, 0.4) is 0 Å². The Balaban J connectivity index is 0.00000280. The number of para-hydroxylation sites is 1. The Morgan fingerprint density at radius 2 is 1.75 bits per heavy atom. The van der Waals surface area contributed by atoms with Crippen molar-refractivity contribution < 1.29 is 9.90 Å². The molecule has 0 unspecified atom stereocenters. The van der Waals surface area contributed by atoms with Crippen molar-refractivity contribution in [3.8, 4) is 0 Å². The van der Waals surface area contributed by atoms with Gasteiger partial charge in [-0.15, -0.1) is 12.4 Å². The predicted molar refractivity (Wildman–Crippen MR) is 116 cm³/mol. The van der Waals surface area contributed by atoms with E-state index in [0.717, 1.165) is 42.5 Å². The predicted octanol–water partition coefficient (Wildman–Crippen LogP) is 3.40. The van der Waals surface area contributed by atoms with Gasteiger partial charge in [-0.3, -0.25) is 4.79 Å². The number of rotatable bonds is 11. The number of hydrogen-bond acceptors (Lipinski definition) is 3. The molecule has 6 heteroatoms. The highest BCUT2D eigenvalue weighted by molar-refractivity contribution is 5.85. The molecule has 0 spiro atoms. The molecule has 0 aliphatic carbocycles. The van der Waals surface area contributed by atoms with Gasteiger partial charge >= 0.3 is 5.97 Å². The maximum atomic E-state index is 11.2. The summed E-state index contributed by atoms with van der Waals surface area (Å²) in [5.41, 5.74) is 3.56. The van der Waals surface area contributed by atoms with Crippen LogP contribution in [-0.2, 0) is 17.6 Å². The maximum Gasteiger partial charge on any atom is 0.304 e. The Labute approximate surface area is 172 Å². The molecule has 0 aliphatic heterocycles. The first-order valence-electron chi connectivity index (χ1n) is 9.47. The lowest BCUT2D eigenvalue weighted by Crippen LogP contribution is -2.38. The number of halogens is 1. The lowest BCUT2D eigenvalue weighted by atomic mass is 10.0. The minimum absolute atomic E-state index is 0. The third-order valence-corrected chi connectivity index (χ3v) is 4.73. The maximum absolute atomic E-state index is 11.2. The van der Waals surface area contributed by atoms with Crippen LogP contribution in [-0.4, -0.2) is 41.7 Å². The number of fused-ring (bicyclic) bond motifs is 1. The van der Waals surface area contributed by atoms with Gasteiger partial charge in [0.25, 0.3) is 0 Å². The number of benzene rings is 2. The number of nitrogens with one attached hydrogen (secondary N) is 3. The largest absolute Gasteiger partial charge is 0.481 e. The number of aromatic amines is 1. The highest BCUT2D eigenvalue weighted by Crippen LogP contribution is 2.19. The number of carbonyl (C=O) groups is 1. The lowest BCUT2D eigenvalue weighted by molar-refractivity contribution is -0.137. The van der Waals surface area contributed by atoms with Crippen molar-refractivity contribution in [1.82, 2.24) is 15.6 Å². The average Bonchev–Trinajstić information content (AvgIpc) is 3.08. The molecular weight excluding hydrogens is 374 g/mol. The average molecular weight is 402 g/mol. The Bertz CT molecular complexity index is 851. The van der Waals surface area contributed by atoms with Crippen LogP contribution >= 0.6 is 12.4 Å². The van der Waals surface area contributed by atoms with E-state index in [4.69, 9.17) is 0 Å². The molecule has 150 valence electrons. The zero-order valence-electron chi connectivity index (χ0n) is 15.9. The smallest absolute Gasteiger partial charge is 0.304 e. The van der Waals surface area contributed by atoms with Crippen LogP contribution in [0.25, 0.3) is 10.9 Å². The van der Waals surface area contributed by atoms with Gasteiger partial charge < -0.3 is 20.7 Å². The fraction of sp³-hybridized carbons (Fsp3) is 0.318. The Morgan fingerprint density at radius 1 is 1.00 bits per heavy atom. The van der Waals surface area contributed by atoms with Crippen molar-refractivity contribution in [3.05, 3.63) is 71.9 Å². The van der Waals surface area contributed by atoms with Crippen molar-refractivity contribution in [1.29, 1.82) is 0 Å². The second-order valence-electron chi connectivity index (χ2n) is 6.80. The molecule has 1 heterocycles. The van der Waals surface area contributed by atoms with Crippen molar-refractivity contribution in [2.45, 2.75) is 25.3 Å². The molecule has 0 radical (unpaired) electrons. The molecule has 3 rings (SSSR count). The number of H-pyrrole nitrogens is 1. The van der Waals surface area contributed by atoms with Crippen molar-refractivity contribution in [2.75, 3.05) is 19.6 Å². The van der Waals surface area contributed by atoms with Gasteiger partial charge in [0.1, 0.15) is 0 Å². The summed E-state index contributed by atoms with van der Waals surface area (Å²) in [7, 11) is 0. The van der Waals surface area contributed by atoms with E-state index >= 15 is 0 Å². The second kappa shape index (κ2) is 11.5. The summed E-state index contributed by atoms with van der Waals surface area (Å²) in [5, 5.41) is 17.2. The quantitative estimate of drug-likeness (QED) is 0.371. The van der Waals surface area contributed by atoms with Gasteiger partial charge in [-0.2, -0.15) is 0 Å². The molecule has 1 atom stereocenters. The van der Waals surface area contributed by atoms with Gasteiger partial charge in [0.15, 0.2) is 0 Å². The van der Waals surface area contributed by atoms with Crippen LogP contribution in [0.15, 0.2) is 60.8 Å². The molecule has 1 aromatic heterocycles. The second-order valence-corrected chi connectivity index (χ2v) is 6.80. The summed E-state index contributed by atoms with van der Waals surface area (Å²) in [5.74, 6) is -0.774. The van der Waals surface area contributed by atoms with E-state index in [9.17, 15) is 9.90 Å². The highest BCUT2D eigenvalue weighted by Gasteiger charge is 2.15. The summed E-state index contributed by atoms with van der Waals surface area (Å²) >= 11 is 0. The summed E-state index contributed by atoms with van der Waals surface area (Å²) in [6.45, 7) is 2.48. The van der Waals surface area contributed by atoms with Crippen LogP contribution in [0.4, 0.5) is 0 Å². The van der Waals surface area contributed by atoms with Gasteiger partial charge in [-0.25, -0.2) is 0 Å². The summed E-state index contributed by atoms with van der Waals surface area (Å²) < 4.78 is 0. The minimum atomic E-state index is -0.774. The third kappa shape index (κ3) is 6.68. The van der Waals surface area contributed by atoms with Crippen LogP contribution in [0.5, 0.6) is 0 Å². The molecule has 0 aliphatic rings. The monoisotopic (exact) mass is 401 g/mol. The molecule has 4 N–H and O–H groups in total. The van der Waals surface area contributed by atoms with E-state index in [0.29, 0.717) is 6.42 Å². The molecule has 3 aromatic rings. The Kier molecular flexibility index (Phi) is 9.01. The van der Waals surface area contributed by atoms with Gasteiger partial charge in [0, 0.05) is 36.2 Å². The first kappa shape index (κ1) is 22.0. The van der Waals surface area contributed by atoms with Crippen molar-refractivity contribution >= 4 is 29.3 Å². The van der Waals surface area contributed by atoms with E-state index in [-0.39, 0.29) is 24.9 Å². The molecule has 0 fully saturated rings. The highest BCUT2D eigenvalue weighted by atomic mass is 35.5. The first-order valence-corrected chi connectivity index (χ1v) is 9.47. The summed E-state index contributed by atoms with van der Waals surface area (Å²) in [4.78, 5) is 14.5. The van der Waals surface area contributed by atoms with Crippen LogP contribution in [0.2, 0.25) is 0 Å². The Morgan fingerprint density at radius 3 is 2.54 bits per heavy atom. The number of aromatic nitrogens is 1. The van der Waals surface area contributed by atoms with E-state index in [2.05, 4.69) is 45.9 Å². The SMILES string of the molecule is Cl.O=C(O)C[C@H](Cc1c[nH]c2ccccc12)NCCNCCc1ccccc1. The molecule has 0 saturated carbocycles. The molecule has 0 amide bonds. The number of carboxylic acids is 1. The van der Waals surface area contributed by atoms with Gasteiger partial charge in [0.2, 0.25) is 0 Å². The number of carboxylic acid groups (broad SMARTS) is 1. The lowest BCUT2D eigenvalue weighted by Gasteiger charge is -2.17. The minimum Gasteiger partial charge on any atom is -0.481 e. The zero-order chi connectivity index (χ0) is 18.9. The van der Waals surface area contributed by atoms with E-state index < -0.39 is 5.97 Å². The molecule has 0 bridgehead atoms. The van der Waals surface area contributed by atoms with Crippen molar-refractivity contribution in [3.63, 3.8) is 0 Å². The van der Waals surface area contributed by atoms with Crippen LogP contribution < -0.4 is 10.6 Å². The zero-order valence-corrected chi connectivity index (χ0v) is 16.7. The number of aliphatic carboxylic acids is 1. The summed E-state index contributed by atoms with van der Waals surface area (Å²) in [6, 6.07) is 18.4. The van der Waals surface area contributed by atoms with Gasteiger partial charge in [-0.05, 0) is 36.6 Å². The normalized spacial score (nSPS) is 11.9. The molecule has 2 aromatic carbocycles. The standard InChI is InChI=1S/C22H27N3O2.ClH/c26-22(27)15-19(14-18-16-25-21-9-5-4-8-20(18)21)24-13-12-23-11-10-17-6-2-1-3-7-17;/h1-9,16,19,23-25H,10-15H2,(H,26,27);1H/t19-;/m0./s1. The molecular formula is C22H28ClN3O2.